The molecule has 0 atom stereocenters. The molecule has 15 heavy (non-hydrogen) atoms. The lowest BCUT2D eigenvalue weighted by molar-refractivity contribution is 0.135. The van der Waals surface area contributed by atoms with Gasteiger partial charge in [0.05, 0.1) is 5.52 Å². The summed E-state index contributed by atoms with van der Waals surface area (Å²) in [5.74, 6) is 0. The van der Waals surface area contributed by atoms with Crippen LogP contribution >= 0.6 is 11.3 Å². The average Bonchev–Trinajstić information content (AvgIpc) is 2.83. The predicted molar refractivity (Wildman–Crippen MR) is 64.3 cm³/mol. The highest BCUT2D eigenvalue weighted by molar-refractivity contribution is 7.17. The van der Waals surface area contributed by atoms with E-state index in [2.05, 4.69) is 40.4 Å². The van der Waals surface area contributed by atoms with Crippen LogP contribution in [0, 0.1) is 0 Å². The lowest BCUT2D eigenvalue weighted by Gasteiger charge is -2.02. The first-order chi connectivity index (χ1) is 7.40. The summed E-state index contributed by atoms with van der Waals surface area (Å²) in [6, 6.07) is 8.67. The summed E-state index contributed by atoms with van der Waals surface area (Å²) in [7, 11) is 1.72. The Morgan fingerprint density at radius 2 is 2.13 bits per heavy atom. The third-order valence-electron chi connectivity index (χ3n) is 2.65. The van der Waals surface area contributed by atoms with Crippen molar-refractivity contribution < 1.29 is 4.74 Å². The normalized spacial score (nSPS) is 11.5. The van der Waals surface area contributed by atoms with Crippen LogP contribution in [0.25, 0.3) is 21.0 Å². The quantitative estimate of drug-likeness (QED) is 0.641. The van der Waals surface area contributed by atoms with Gasteiger partial charge < -0.3 is 9.30 Å². The lowest BCUT2D eigenvalue weighted by atomic mass is 10.2. The summed E-state index contributed by atoms with van der Waals surface area (Å²) in [5.41, 5.74) is 1.24. The maximum atomic E-state index is 5.15. The number of thiophene rings is 1. The molecule has 2 heterocycles. The SMILES string of the molecule is COCn1ccc2c3ccsc3ccc21. The molecule has 2 aromatic heterocycles. The summed E-state index contributed by atoms with van der Waals surface area (Å²) < 4.78 is 8.62. The first-order valence-corrected chi connectivity index (χ1v) is 5.72. The fraction of sp³-hybridized carbons (Fsp3) is 0.167. The van der Waals surface area contributed by atoms with Gasteiger partial charge in [0.2, 0.25) is 0 Å². The molecule has 1 aromatic carbocycles. The van der Waals surface area contributed by atoms with Gasteiger partial charge in [-0.3, -0.25) is 0 Å². The van der Waals surface area contributed by atoms with Crippen molar-refractivity contribution >= 4 is 32.3 Å². The van der Waals surface area contributed by atoms with Gasteiger partial charge in [0.15, 0.2) is 0 Å². The Morgan fingerprint density at radius 3 is 3.00 bits per heavy atom. The first-order valence-electron chi connectivity index (χ1n) is 4.84. The van der Waals surface area contributed by atoms with E-state index in [1.165, 1.54) is 21.0 Å². The van der Waals surface area contributed by atoms with Gasteiger partial charge in [0, 0.05) is 28.8 Å². The van der Waals surface area contributed by atoms with E-state index in [0.29, 0.717) is 6.73 Å². The molecule has 0 N–H and O–H groups in total. The smallest absolute Gasteiger partial charge is 0.122 e. The van der Waals surface area contributed by atoms with Crippen molar-refractivity contribution in [1.29, 1.82) is 0 Å². The summed E-state index contributed by atoms with van der Waals surface area (Å²) in [5, 5.41) is 4.79. The molecule has 0 unspecified atom stereocenters. The van der Waals surface area contributed by atoms with Gasteiger partial charge in [-0.05, 0) is 29.6 Å². The molecular weight excluding hydrogens is 206 g/mol. The maximum absolute atomic E-state index is 5.15. The minimum Gasteiger partial charge on any atom is -0.364 e. The van der Waals surface area contributed by atoms with Crippen LogP contribution in [-0.2, 0) is 11.5 Å². The molecule has 3 heteroatoms. The largest absolute Gasteiger partial charge is 0.364 e. The number of hydrogen-bond acceptors (Lipinski definition) is 2. The van der Waals surface area contributed by atoms with Crippen LogP contribution in [0.15, 0.2) is 35.8 Å². The second-order valence-electron chi connectivity index (χ2n) is 3.53. The highest BCUT2D eigenvalue weighted by Crippen LogP contribution is 2.29. The summed E-state index contributed by atoms with van der Waals surface area (Å²) in [4.78, 5) is 0. The fourth-order valence-corrected chi connectivity index (χ4v) is 2.78. The number of rotatable bonds is 2. The first kappa shape index (κ1) is 8.95. The van der Waals surface area contributed by atoms with E-state index >= 15 is 0 Å². The van der Waals surface area contributed by atoms with Crippen molar-refractivity contribution in [3.8, 4) is 0 Å². The number of benzene rings is 1. The zero-order valence-corrected chi connectivity index (χ0v) is 9.25. The highest BCUT2D eigenvalue weighted by Gasteiger charge is 2.04. The predicted octanol–water partition coefficient (Wildman–Crippen LogP) is 3.46. The van der Waals surface area contributed by atoms with E-state index in [1.54, 1.807) is 18.4 Å². The summed E-state index contributed by atoms with van der Waals surface area (Å²) >= 11 is 1.78. The molecule has 0 aliphatic heterocycles. The number of ether oxygens (including phenoxy) is 1. The highest BCUT2D eigenvalue weighted by atomic mass is 32.1. The van der Waals surface area contributed by atoms with Crippen molar-refractivity contribution in [2.75, 3.05) is 7.11 Å². The Bertz CT molecular complexity index is 608. The lowest BCUT2D eigenvalue weighted by Crippen LogP contribution is -1.96. The second kappa shape index (κ2) is 3.36. The molecule has 0 saturated heterocycles. The van der Waals surface area contributed by atoms with Crippen LogP contribution in [-0.4, -0.2) is 11.7 Å². The third kappa shape index (κ3) is 1.28. The van der Waals surface area contributed by atoms with Gasteiger partial charge in [0.25, 0.3) is 0 Å². The van der Waals surface area contributed by atoms with E-state index in [9.17, 15) is 0 Å². The number of hydrogen-bond donors (Lipinski definition) is 0. The number of methoxy groups -OCH3 is 1. The molecule has 3 aromatic rings. The Hall–Kier alpha value is -1.32. The molecule has 3 rings (SSSR count). The molecule has 0 aliphatic carbocycles. The van der Waals surface area contributed by atoms with Crippen molar-refractivity contribution in [2.45, 2.75) is 6.73 Å². The van der Waals surface area contributed by atoms with Gasteiger partial charge in [-0.15, -0.1) is 11.3 Å². The molecular formula is C12H11NOS. The van der Waals surface area contributed by atoms with E-state index in [0.717, 1.165) is 0 Å². The molecule has 0 radical (unpaired) electrons. The molecule has 0 amide bonds. The minimum absolute atomic E-state index is 0.610. The molecule has 0 spiro atoms. The van der Waals surface area contributed by atoms with Crippen LogP contribution in [0.3, 0.4) is 0 Å². The Balaban J connectivity index is 2.35. The Kier molecular flexibility index (Phi) is 2.01. The summed E-state index contributed by atoms with van der Waals surface area (Å²) in [6.07, 6.45) is 2.07. The molecule has 0 saturated carbocycles. The number of fused-ring (bicyclic) bond motifs is 3. The summed E-state index contributed by atoms with van der Waals surface area (Å²) in [6.45, 7) is 0.610. The van der Waals surface area contributed by atoms with E-state index in [-0.39, 0.29) is 0 Å². The van der Waals surface area contributed by atoms with Crippen LogP contribution in [0.1, 0.15) is 0 Å². The maximum Gasteiger partial charge on any atom is 0.122 e. The second-order valence-corrected chi connectivity index (χ2v) is 4.48. The van der Waals surface area contributed by atoms with Gasteiger partial charge in [0.1, 0.15) is 6.73 Å². The van der Waals surface area contributed by atoms with Crippen molar-refractivity contribution in [2.24, 2.45) is 0 Å². The van der Waals surface area contributed by atoms with Crippen LogP contribution in [0.5, 0.6) is 0 Å². The Morgan fingerprint density at radius 1 is 1.20 bits per heavy atom. The van der Waals surface area contributed by atoms with Gasteiger partial charge >= 0.3 is 0 Å². The van der Waals surface area contributed by atoms with Crippen molar-refractivity contribution in [3.05, 3.63) is 35.8 Å². The minimum atomic E-state index is 0.610. The van der Waals surface area contributed by atoms with Gasteiger partial charge in [-0.25, -0.2) is 0 Å². The van der Waals surface area contributed by atoms with Crippen LogP contribution < -0.4 is 0 Å². The van der Waals surface area contributed by atoms with E-state index < -0.39 is 0 Å². The standard InChI is InChI=1S/C12H11NOS/c1-14-8-13-6-4-9-10-5-7-15-12(10)3-2-11(9)13/h2-7H,8H2,1H3. The zero-order chi connectivity index (χ0) is 10.3. The van der Waals surface area contributed by atoms with Gasteiger partial charge in [-0.1, -0.05) is 0 Å². The van der Waals surface area contributed by atoms with Crippen LogP contribution in [0.4, 0.5) is 0 Å². The topological polar surface area (TPSA) is 14.2 Å². The van der Waals surface area contributed by atoms with Gasteiger partial charge in [-0.2, -0.15) is 0 Å². The van der Waals surface area contributed by atoms with Crippen molar-refractivity contribution in [1.82, 2.24) is 4.57 Å². The molecule has 76 valence electrons. The molecule has 2 nitrogen and oxygen atoms in total. The molecule has 0 fully saturated rings. The fourth-order valence-electron chi connectivity index (χ4n) is 1.98. The number of nitrogens with zero attached hydrogens (tertiary/aromatic N) is 1. The van der Waals surface area contributed by atoms with E-state index in [1.807, 2.05) is 0 Å². The third-order valence-corrected chi connectivity index (χ3v) is 3.53. The van der Waals surface area contributed by atoms with E-state index in [4.69, 9.17) is 4.74 Å². The van der Waals surface area contributed by atoms with Crippen LogP contribution in [0.2, 0.25) is 0 Å². The zero-order valence-electron chi connectivity index (χ0n) is 8.43. The number of aromatic nitrogens is 1. The molecule has 0 aliphatic rings. The monoisotopic (exact) mass is 217 g/mol. The Labute approximate surface area is 91.7 Å². The average molecular weight is 217 g/mol. The molecule has 0 bridgehead atoms. The van der Waals surface area contributed by atoms with Crippen molar-refractivity contribution in [3.63, 3.8) is 0 Å².